The van der Waals surface area contributed by atoms with Gasteiger partial charge in [-0.25, -0.2) is 4.79 Å². The van der Waals surface area contributed by atoms with E-state index in [4.69, 9.17) is 14.2 Å². The van der Waals surface area contributed by atoms with Crippen LogP contribution in [-0.2, 0) is 28.6 Å². The molecule has 1 aliphatic rings. The average Bonchev–Trinajstić information content (AvgIpc) is 2.46. The second-order valence-corrected chi connectivity index (χ2v) is 5.16. The summed E-state index contributed by atoms with van der Waals surface area (Å²) in [6.07, 6.45) is 2.13. The molecule has 7 heteroatoms. The van der Waals surface area contributed by atoms with E-state index >= 15 is 0 Å². The molecule has 23 heavy (non-hydrogen) atoms. The van der Waals surface area contributed by atoms with Gasteiger partial charge in [0.05, 0.1) is 0 Å². The second kappa shape index (κ2) is 9.09. The van der Waals surface area contributed by atoms with Crippen molar-refractivity contribution in [2.75, 3.05) is 0 Å². The molecule has 7 nitrogen and oxygen atoms in total. The van der Waals surface area contributed by atoms with E-state index in [2.05, 4.69) is 0 Å². The molecule has 0 saturated carbocycles. The molecule has 4 atom stereocenters. The van der Waals surface area contributed by atoms with Crippen LogP contribution < -0.4 is 0 Å². The Kier molecular flexibility index (Phi) is 7.47. The smallest absolute Gasteiger partial charge is 0.331 e. The predicted octanol–water partition coefficient (Wildman–Crippen LogP) is 1.05. The average molecular weight is 326 g/mol. The Morgan fingerprint density at radius 3 is 2.65 bits per heavy atom. The number of esters is 3. The number of hydrogen-bond acceptors (Lipinski definition) is 7. The molecule has 0 aromatic heterocycles. The zero-order valence-corrected chi connectivity index (χ0v) is 13.4. The van der Waals surface area contributed by atoms with Crippen molar-refractivity contribution >= 4 is 17.9 Å². The molecule has 0 saturated heterocycles. The number of carbonyl (C=O) groups is 3. The topological polar surface area (TPSA) is 99.1 Å². The van der Waals surface area contributed by atoms with Gasteiger partial charge in [0.2, 0.25) is 0 Å². The Bertz CT molecular complexity index is 495. The minimum absolute atomic E-state index is 0.0251. The minimum Gasteiger partial charge on any atom is -0.459 e. The zero-order valence-electron chi connectivity index (χ0n) is 13.4. The lowest BCUT2D eigenvalue weighted by Crippen LogP contribution is -2.35. The van der Waals surface area contributed by atoms with Gasteiger partial charge in [-0.15, -0.1) is 0 Å². The van der Waals surface area contributed by atoms with Crippen molar-refractivity contribution < 1.29 is 33.7 Å². The lowest BCUT2D eigenvalue weighted by atomic mass is 10.0. The second-order valence-electron chi connectivity index (χ2n) is 5.16. The lowest BCUT2D eigenvalue weighted by Gasteiger charge is -2.25. The van der Waals surface area contributed by atoms with E-state index in [9.17, 15) is 19.5 Å². The SMILES string of the molecule is C/C=C/C(=O)O[C@H]1/C=C\[C@H](O)[C@H](OC(C)=O)CCC(=O)O[C@@H]1C. The first-order valence-corrected chi connectivity index (χ1v) is 7.40. The largest absolute Gasteiger partial charge is 0.459 e. The highest BCUT2D eigenvalue weighted by Gasteiger charge is 2.27. The third-order valence-electron chi connectivity index (χ3n) is 3.16. The summed E-state index contributed by atoms with van der Waals surface area (Å²) in [7, 11) is 0. The number of rotatable bonds is 3. The first-order chi connectivity index (χ1) is 10.8. The molecule has 1 aliphatic heterocycles. The molecule has 0 spiro atoms. The summed E-state index contributed by atoms with van der Waals surface area (Å²) in [5.74, 6) is -1.67. The third kappa shape index (κ3) is 6.65. The van der Waals surface area contributed by atoms with Crippen LogP contribution in [0.5, 0.6) is 0 Å². The van der Waals surface area contributed by atoms with E-state index in [0.717, 1.165) is 0 Å². The number of ether oxygens (including phenoxy) is 3. The van der Waals surface area contributed by atoms with Crippen LogP contribution in [0, 0.1) is 0 Å². The monoisotopic (exact) mass is 326 g/mol. The molecule has 0 aliphatic carbocycles. The molecule has 0 fully saturated rings. The fourth-order valence-electron chi connectivity index (χ4n) is 2.05. The first kappa shape index (κ1) is 18.9. The number of cyclic esters (lactones) is 1. The molecular weight excluding hydrogens is 304 g/mol. The normalized spacial score (nSPS) is 30.3. The first-order valence-electron chi connectivity index (χ1n) is 7.40. The van der Waals surface area contributed by atoms with Crippen LogP contribution in [0.4, 0.5) is 0 Å². The molecule has 0 unspecified atom stereocenters. The lowest BCUT2D eigenvalue weighted by molar-refractivity contribution is -0.163. The van der Waals surface area contributed by atoms with Gasteiger partial charge in [-0.3, -0.25) is 9.59 Å². The van der Waals surface area contributed by atoms with Gasteiger partial charge in [0.15, 0.2) is 6.10 Å². The van der Waals surface area contributed by atoms with Crippen molar-refractivity contribution in [1.29, 1.82) is 0 Å². The van der Waals surface area contributed by atoms with Crippen molar-refractivity contribution in [2.24, 2.45) is 0 Å². The Morgan fingerprint density at radius 2 is 2.04 bits per heavy atom. The summed E-state index contributed by atoms with van der Waals surface area (Å²) in [4.78, 5) is 34.4. The number of allylic oxidation sites excluding steroid dienone is 1. The Balaban J connectivity index is 2.93. The van der Waals surface area contributed by atoms with Crippen LogP contribution in [0.2, 0.25) is 0 Å². The minimum atomic E-state index is -1.11. The van der Waals surface area contributed by atoms with Gasteiger partial charge < -0.3 is 19.3 Å². The molecule has 0 bridgehead atoms. The fourth-order valence-corrected chi connectivity index (χ4v) is 2.05. The van der Waals surface area contributed by atoms with Crippen molar-refractivity contribution in [1.82, 2.24) is 0 Å². The zero-order chi connectivity index (χ0) is 17.4. The maximum Gasteiger partial charge on any atom is 0.331 e. The number of aliphatic hydroxyl groups excluding tert-OH is 1. The number of hydrogen-bond donors (Lipinski definition) is 1. The van der Waals surface area contributed by atoms with E-state index in [1.807, 2.05) is 0 Å². The highest BCUT2D eigenvalue weighted by molar-refractivity contribution is 5.82. The molecule has 1 heterocycles. The summed E-state index contributed by atoms with van der Waals surface area (Å²) in [6.45, 7) is 4.48. The van der Waals surface area contributed by atoms with Crippen LogP contribution in [0.1, 0.15) is 33.6 Å². The maximum atomic E-state index is 11.8. The van der Waals surface area contributed by atoms with Crippen molar-refractivity contribution in [3.63, 3.8) is 0 Å². The summed E-state index contributed by atoms with van der Waals surface area (Å²) in [5, 5.41) is 10.1. The molecule has 0 aromatic carbocycles. The number of carbonyl (C=O) groups excluding carboxylic acids is 3. The van der Waals surface area contributed by atoms with Crippen molar-refractivity contribution in [3.8, 4) is 0 Å². The Labute approximate surface area is 134 Å². The van der Waals surface area contributed by atoms with Crippen LogP contribution >= 0.6 is 0 Å². The summed E-state index contributed by atoms with van der Waals surface area (Å²) in [6, 6.07) is 0. The maximum absolute atomic E-state index is 11.8. The molecule has 0 radical (unpaired) electrons. The van der Waals surface area contributed by atoms with Gasteiger partial charge in [0.25, 0.3) is 0 Å². The quantitative estimate of drug-likeness (QED) is 0.358. The molecule has 1 N–H and O–H groups in total. The van der Waals surface area contributed by atoms with Crippen LogP contribution in [0.3, 0.4) is 0 Å². The van der Waals surface area contributed by atoms with E-state index in [1.165, 1.54) is 31.2 Å². The Hall–Kier alpha value is -2.15. The highest BCUT2D eigenvalue weighted by atomic mass is 16.6. The molecule has 0 amide bonds. The summed E-state index contributed by atoms with van der Waals surface area (Å²) >= 11 is 0. The van der Waals surface area contributed by atoms with Gasteiger partial charge in [-0.05, 0) is 26.3 Å². The van der Waals surface area contributed by atoms with Crippen molar-refractivity contribution in [2.45, 2.75) is 58.0 Å². The van der Waals surface area contributed by atoms with Gasteiger partial charge in [0.1, 0.15) is 18.3 Å². The van der Waals surface area contributed by atoms with Crippen LogP contribution in [-0.4, -0.2) is 47.4 Å². The van der Waals surface area contributed by atoms with E-state index in [0.29, 0.717) is 0 Å². The highest BCUT2D eigenvalue weighted by Crippen LogP contribution is 2.16. The summed E-state index contributed by atoms with van der Waals surface area (Å²) < 4.78 is 15.4. The van der Waals surface area contributed by atoms with E-state index in [-0.39, 0.29) is 12.8 Å². The van der Waals surface area contributed by atoms with Crippen molar-refractivity contribution in [3.05, 3.63) is 24.3 Å². The van der Waals surface area contributed by atoms with E-state index < -0.39 is 42.3 Å². The molecular formula is C16H22O7. The van der Waals surface area contributed by atoms with Gasteiger partial charge >= 0.3 is 17.9 Å². The standard InChI is InChI=1S/C16H22O7/c1-4-5-15(19)23-13-7-6-12(18)14(22-11(3)17)8-9-16(20)21-10(13)2/h4-7,10,12-14,18H,8-9H2,1-3H3/b5-4+,7-6-/t10-,12+,13+,14-/m1/s1. The predicted molar refractivity (Wildman–Crippen MR) is 80.2 cm³/mol. The summed E-state index contributed by atoms with van der Waals surface area (Å²) in [5.41, 5.74) is 0. The fraction of sp³-hybridized carbons (Fsp3) is 0.562. The molecule has 0 aromatic rings. The van der Waals surface area contributed by atoms with Crippen LogP contribution in [0.25, 0.3) is 0 Å². The van der Waals surface area contributed by atoms with Gasteiger partial charge in [-0.2, -0.15) is 0 Å². The third-order valence-corrected chi connectivity index (χ3v) is 3.16. The molecule has 128 valence electrons. The van der Waals surface area contributed by atoms with Crippen LogP contribution in [0.15, 0.2) is 24.3 Å². The van der Waals surface area contributed by atoms with E-state index in [1.54, 1.807) is 13.8 Å². The molecule has 1 rings (SSSR count). The Morgan fingerprint density at radius 1 is 1.35 bits per heavy atom. The number of aliphatic hydroxyl groups is 1. The van der Waals surface area contributed by atoms with Gasteiger partial charge in [-0.1, -0.05) is 12.2 Å². The van der Waals surface area contributed by atoms with Gasteiger partial charge in [0, 0.05) is 19.4 Å².